The zero-order chi connectivity index (χ0) is 23.5. The Kier molecular flexibility index (Phi) is 6.14. The van der Waals surface area contributed by atoms with Crippen molar-refractivity contribution in [1.82, 2.24) is 9.78 Å². The van der Waals surface area contributed by atoms with Crippen LogP contribution in [0.25, 0.3) is 5.69 Å². The second kappa shape index (κ2) is 9.52. The summed E-state index contributed by atoms with van der Waals surface area (Å²) in [6.45, 7) is 0. The van der Waals surface area contributed by atoms with Gasteiger partial charge in [0.15, 0.2) is 0 Å². The lowest BCUT2D eigenvalue weighted by Gasteiger charge is -2.18. The first-order chi connectivity index (χ1) is 16.6. The maximum absolute atomic E-state index is 13.3. The van der Waals surface area contributed by atoms with Gasteiger partial charge in [0.1, 0.15) is 5.82 Å². The fourth-order valence-electron chi connectivity index (χ4n) is 4.21. The van der Waals surface area contributed by atoms with Crippen LogP contribution in [-0.4, -0.2) is 20.6 Å². The van der Waals surface area contributed by atoms with Crippen LogP contribution in [0.3, 0.4) is 0 Å². The first-order valence-corrected chi connectivity index (χ1v) is 12.1. The molecule has 7 nitrogen and oxygen atoms in total. The van der Waals surface area contributed by atoms with Crippen LogP contribution in [0.15, 0.2) is 84.9 Å². The molecule has 0 bridgehead atoms. The third-order valence-corrected chi connectivity index (χ3v) is 6.88. The Balaban J connectivity index is 1.44. The molecule has 1 aliphatic heterocycles. The van der Waals surface area contributed by atoms with E-state index in [9.17, 15) is 14.9 Å². The minimum Gasteiger partial charge on any atom is -0.310 e. The molecule has 0 unspecified atom stereocenters. The standard InChI is InChI=1S/C26H22N4O3S/c31-25(15-22(18-7-3-1-4-8-18)19-9-5-2-6-10-19)27-26-23-16-34-17-24(23)28-29(26)20-11-13-21(14-12-20)30(32)33/h1-14,22H,15-17H2,(H,27,31). The summed E-state index contributed by atoms with van der Waals surface area (Å²) in [4.78, 5) is 23.9. The van der Waals surface area contributed by atoms with Crippen molar-refractivity contribution in [1.29, 1.82) is 0 Å². The van der Waals surface area contributed by atoms with Gasteiger partial charge in [-0.25, -0.2) is 4.68 Å². The summed E-state index contributed by atoms with van der Waals surface area (Å²) in [6.07, 6.45) is 0.279. The van der Waals surface area contributed by atoms with Crippen LogP contribution in [-0.2, 0) is 16.3 Å². The van der Waals surface area contributed by atoms with Crippen LogP contribution in [0.4, 0.5) is 11.5 Å². The van der Waals surface area contributed by atoms with E-state index >= 15 is 0 Å². The van der Waals surface area contributed by atoms with Crippen LogP contribution in [0, 0.1) is 10.1 Å². The van der Waals surface area contributed by atoms with Gasteiger partial charge in [-0.2, -0.15) is 16.9 Å². The number of rotatable bonds is 7. The fraction of sp³-hybridized carbons (Fsp3) is 0.154. The van der Waals surface area contributed by atoms with E-state index in [-0.39, 0.29) is 23.9 Å². The number of aromatic nitrogens is 2. The zero-order valence-electron chi connectivity index (χ0n) is 18.3. The van der Waals surface area contributed by atoms with E-state index in [4.69, 9.17) is 5.10 Å². The number of benzene rings is 3. The van der Waals surface area contributed by atoms with Gasteiger partial charge in [-0.3, -0.25) is 14.9 Å². The number of amides is 1. The minimum absolute atomic E-state index is 0.0122. The molecule has 1 aliphatic rings. The van der Waals surface area contributed by atoms with Crippen molar-refractivity contribution in [3.8, 4) is 5.69 Å². The average molecular weight is 471 g/mol. The van der Waals surface area contributed by atoms with E-state index in [1.54, 1.807) is 28.6 Å². The van der Waals surface area contributed by atoms with Gasteiger partial charge in [0.25, 0.3) is 5.69 Å². The molecule has 3 aromatic carbocycles. The maximum Gasteiger partial charge on any atom is 0.269 e. The molecule has 1 amide bonds. The second-order valence-electron chi connectivity index (χ2n) is 8.08. The zero-order valence-corrected chi connectivity index (χ0v) is 19.1. The van der Waals surface area contributed by atoms with Crippen molar-refractivity contribution in [3.63, 3.8) is 0 Å². The number of nitro groups is 1. The largest absolute Gasteiger partial charge is 0.310 e. The molecule has 0 radical (unpaired) electrons. The van der Waals surface area contributed by atoms with Gasteiger partial charge in [-0.15, -0.1) is 0 Å². The maximum atomic E-state index is 13.3. The number of carbonyl (C=O) groups excluding carboxylic acids is 1. The Labute approximate surface area is 201 Å². The molecule has 5 rings (SSSR count). The molecular formula is C26H22N4O3S. The molecule has 1 aromatic heterocycles. The lowest BCUT2D eigenvalue weighted by Crippen LogP contribution is -2.19. The Morgan fingerprint density at radius 3 is 2.18 bits per heavy atom. The Bertz CT molecular complexity index is 1280. The predicted molar refractivity (Wildman–Crippen MR) is 133 cm³/mol. The number of hydrogen-bond acceptors (Lipinski definition) is 5. The molecule has 0 atom stereocenters. The first kappa shape index (κ1) is 21.9. The highest BCUT2D eigenvalue weighted by Crippen LogP contribution is 2.37. The van der Waals surface area contributed by atoms with Gasteiger partial charge in [-0.05, 0) is 23.3 Å². The summed E-state index contributed by atoms with van der Waals surface area (Å²) >= 11 is 1.75. The molecule has 0 aliphatic carbocycles. The lowest BCUT2D eigenvalue weighted by molar-refractivity contribution is -0.384. The summed E-state index contributed by atoms with van der Waals surface area (Å²) in [5.41, 5.74) is 4.78. The van der Waals surface area contributed by atoms with Crippen molar-refractivity contribution >= 4 is 29.2 Å². The third-order valence-electron chi connectivity index (χ3n) is 5.91. The van der Waals surface area contributed by atoms with Crippen LogP contribution >= 0.6 is 11.8 Å². The monoisotopic (exact) mass is 470 g/mol. The molecule has 170 valence electrons. The lowest BCUT2D eigenvalue weighted by atomic mass is 9.88. The minimum atomic E-state index is -0.431. The number of carbonyl (C=O) groups is 1. The molecular weight excluding hydrogens is 448 g/mol. The number of anilines is 1. The molecule has 34 heavy (non-hydrogen) atoms. The van der Waals surface area contributed by atoms with Gasteiger partial charge in [-0.1, -0.05) is 60.7 Å². The quantitative estimate of drug-likeness (QED) is 0.277. The number of fused-ring (bicyclic) bond motifs is 1. The summed E-state index contributed by atoms with van der Waals surface area (Å²) in [7, 11) is 0. The molecule has 8 heteroatoms. The van der Waals surface area contributed by atoms with Crippen LogP contribution < -0.4 is 5.32 Å². The van der Waals surface area contributed by atoms with Gasteiger partial charge >= 0.3 is 0 Å². The number of non-ortho nitro benzene ring substituents is 1. The van der Waals surface area contributed by atoms with Crippen molar-refractivity contribution < 1.29 is 9.72 Å². The number of nitrogens with one attached hydrogen (secondary N) is 1. The van der Waals surface area contributed by atoms with E-state index in [2.05, 4.69) is 5.32 Å². The predicted octanol–water partition coefficient (Wildman–Crippen LogP) is 5.69. The van der Waals surface area contributed by atoms with Crippen molar-refractivity contribution in [2.24, 2.45) is 0 Å². The summed E-state index contributed by atoms with van der Waals surface area (Å²) < 4.78 is 1.69. The molecule has 0 spiro atoms. The third kappa shape index (κ3) is 4.45. The SMILES string of the molecule is O=C(CC(c1ccccc1)c1ccccc1)Nc1c2c(nn1-c1ccc([N+](=O)[O-])cc1)CSC2. The molecule has 0 saturated heterocycles. The van der Waals surface area contributed by atoms with Crippen molar-refractivity contribution in [3.05, 3.63) is 117 Å². The van der Waals surface area contributed by atoms with Crippen LogP contribution in [0.5, 0.6) is 0 Å². The first-order valence-electron chi connectivity index (χ1n) is 10.9. The van der Waals surface area contributed by atoms with Gasteiger partial charge in [0.05, 0.1) is 16.3 Å². The number of hydrogen-bond donors (Lipinski definition) is 1. The summed E-state index contributed by atoms with van der Waals surface area (Å²) in [5, 5.41) is 18.8. The molecule has 4 aromatic rings. The van der Waals surface area contributed by atoms with Crippen molar-refractivity contribution in [2.45, 2.75) is 23.8 Å². The number of thioether (sulfide) groups is 1. The second-order valence-corrected chi connectivity index (χ2v) is 9.06. The summed E-state index contributed by atoms with van der Waals surface area (Å²) in [6, 6.07) is 26.2. The molecule has 0 saturated carbocycles. The van der Waals surface area contributed by atoms with Crippen LogP contribution in [0.2, 0.25) is 0 Å². The Morgan fingerprint density at radius 2 is 1.59 bits per heavy atom. The van der Waals surface area contributed by atoms with E-state index in [1.165, 1.54) is 12.1 Å². The van der Waals surface area contributed by atoms with E-state index in [1.807, 2.05) is 60.7 Å². The topological polar surface area (TPSA) is 90.1 Å². The van der Waals surface area contributed by atoms with Crippen LogP contribution in [0.1, 0.15) is 34.7 Å². The van der Waals surface area contributed by atoms with E-state index < -0.39 is 4.92 Å². The van der Waals surface area contributed by atoms with E-state index in [0.717, 1.165) is 33.9 Å². The highest BCUT2D eigenvalue weighted by atomic mass is 32.2. The fourth-order valence-corrected chi connectivity index (χ4v) is 5.25. The van der Waals surface area contributed by atoms with Crippen molar-refractivity contribution in [2.75, 3.05) is 5.32 Å². The number of nitro benzene ring substituents is 1. The average Bonchev–Trinajstić information content (AvgIpc) is 3.46. The molecule has 0 fully saturated rings. The summed E-state index contributed by atoms with van der Waals surface area (Å²) in [5.74, 6) is 1.98. The smallest absolute Gasteiger partial charge is 0.269 e. The highest BCUT2D eigenvalue weighted by Gasteiger charge is 2.26. The molecule has 1 N–H and O–H groups in total. The van der Waals surface area contributed by atoms with Gasteiger partial charge < -0.3 is 5.32 Å². The van der Waals surface area contributed by atoms with Gasteiger partial charge in [0, 0.05) is 41.5 Å². The Hall–Kier alpha value is -3.91. The normalized spacial score (nSPS) is 12.5. The Morgan fingerprint density at radius 1 is 0.971 bits per heavy atom. The van der Waals surface area contributed by atoms with E-state index in [0.29, 0.717) is 11.5 Å². The van der Waals surface area contributed by atoms with Gasteiger partial charge in [0.2, 0.25) is 5.91 Å². The highest BCUT2D eigenvalue weighted by molar-refractivity contribution is 7.98. The number of nitrogens with zero attached hydrogens (tertiary/aromatic N) is 3. The molecule has 2 heterocycles.